The quantitative estimate of drug-likeness (QED) is 0.315. The van der Waals surface area contributed by atoms with Crippen LogP contribution >= 0.6 is 22.9 Å². The van der Waals surface area contributed by atoms with Gasteiger partial charge in [-0.3, -0.25) is 14.7 Å². The second-order valence-corrected chi connectivity index (χ2v) is 10.9. The molecule has 0 bridgehead atoms. The van der Waals surface area contributed by atoms with Crippen LogP contribution in [0, 0.1) is 18.2 Å². The summed E-state index contributed by atoms with van der Waals surface area (Å²) in [5.41, 5.74) is 4.51. The van der Waals surface area contributed by atoms with Crippen LogP contribution in [0.1, 0.15) is 19.3 Å². The highest BCUT2D eigenvalue weighted by molar-refractivity contribution is 7.23. The van der Waals surface area contributed by atoms with Crippen LogP contribution in [0.2, 0.25) is 5.02 Å². The first kappa shape index (κ1) is 24.0. The summed E-state index contributed by atoms with van der Waals surface area (Å²) in [6, 6.07) is 3.54. The van der Waals surface area contributed by atoms with Crippen LogP contribution in [0.15, 0.2) is 23.0 Å². The van der Waals surface area contributed by atoms with E-state index in [9.17, 15) is 13.6 Å². The minimum atomic E-state index is -0.950. The summed E-state index contributed by atoms with van der Waals surface area (Å²) in [5.74, 6) is -1.52. The first-order valence-corrected chi connectivity index (χ1v) is 12.7. The number of H-pyrrole nitrogens is 1. The highest BCUT2D eigenvalue weighted by atomic mass is 35.5. The molecule has 0 saturated carbocycles. The molecule has 2 aromatic carbocycles. The Morgan fingerprint density at radius 2 is 2.22 bits per heavy atom. The number of aromatic amines is 1. The maximum atomic E-state index is 16.0. The van der Waals surface area contributed by atoms with Gasteiger partial charge in [0, 0.05) is 23.9 Å². The van der Waals surface area contributed by atoms with Crippen molar-refractivity contribution in [2.24, 2.45) is 0 Å². The number of ether oxygens (including phenoxy) is 1. The number of alkyl halides is 1. The molecule has 0 radical (unpaired) electrons. The minimum absolute atomic E-state index is 0.00365. The normalized spacial score (nSPS) is 21.5. The van der Waals surface area contributed by atoms with Crippen LogP contribution in [0.3, 0.4) is 0 Å². The fraction of sp³-hybridized carbons (Fsp3) is 0.320. The summed E-state index contributed by atoms with van der Waals surface area (Å²) < 4.78 is 50.6. The van der Waals surface area contributed by atoms with E-state index >= 15 is 4.39 Å². The van der Waals surface area contributed by atoms with E-state index in [0.717, 1.165) is 36.8 Å². The van der Waals surface area contributed by atoms with Gasteiger partial charge in [0.25, 0.3) is 11.6 Å². The molecule has 2 aliphatic rings. The summed E-state index contributed by atoms with van der Waals surface area (Å²) in [6.07, 6.45) is 1.05. The SMILES string of the molecule is [C-]#[N+]c1c(N)sc2c(F)ccc(-c3c(Cl)cc4c(=O)[nH]c(OC[C@@]56CCCN5C[C@H](F)C6)nc4c3F)c12. The van der Waals surface area contributed by atoms with Crippen molar-refractivity contribution in [3.8, 4) is 17.1 Å². The van der Waals surface area contributed by atoms with Crippen LogP contribution < -0.4 is 16.0 Å². The molecule has 2 saturated heterocycles. The van der Waals surface area contributed by atoms with E-state index in [4.69, 9.17) is 28.6 Å². The topological polar surface area (TPSA) is 88.6 Å². The van der Waals surface area contributed by atoms with Crippen LogP contribution in [-0.4, -0.2) is 46.3 Å². The lowest BCUT2D eigenvalue weighted by molar-refractivity contribution is 0.107. The number of anilines is 1. The Labute approximate surface area is 217 Å². The standard InChI is InChI=1S/C25H19ClF3N5O2S/c1-31-20-17-12(3-4-15(28)21(17)37-22(20)30)16-14(26)7-13-19(18(16)29)32-24(33-23(13)35)36-10-25-5-2-6-34(25)9-11(27)8-25/h3-4,7,11H,2,5-6,8-10,30H2,(H,32,33,35)/t11-,25+/m1/s1. The average molecular weight is 546 g/mol. The third-order valence-corrected chi connectivity index (χ3v) is 8.60. The number of hydrogen-bond donors (Lipinski definition) is 2. The predicted molar refractivity (Wildman–Crippen MR) is 137 cm³/mol. The van der Waals surface area contributed by atoms with Gasteiger partial charge >= 0.3 is 0 Å². The number of hydrogen-bond acceptors (Lipinski definition) is 6. The van der Waals surface area contributed by atoms with Crippen molar-refractivity contribution < 1.29 is 17.9 Å². The molecule has 12 heteroatoms. The Morgan fingerprint density at radius 3 is 3.00 bits per heavy atom. The molecule has 190 valence electrons. The summed E-state index contributed by atoms with van der Waals surface area (Å²) in [4.78, 5) is 25.0. The maximum Gasteiger partial charge on any atom is 0.297 e. The number of aromatic nitrogens is 2. The van der Waals surface area contributed by atoms with Gasteiger partial charge in [0.15, 0.2) is 5.82 Å². The smallest absolute Gasteiger partial charge is 0.297 e. The molecule has 2 atom stereocenters. The second-order valence-electron chi connectivity index (χ2n) is 9.40. The van der Waals surface area contributed by atoms with Gasteiger partial charge in [0.1, 0.15) is 24.1 Å². The number of benzene rings is 2. The van der Waals surface area contributed by atoms with Crippen molar-refractivity contribution in [1.82, 2.24) is 14.9 Å². The van der Waals surface area contributed by atoms with Gasteiger partial charge in [0.2, 0.25) is 5.69 Å². The maximum absolute atomic E-state index is 16.0. The predicted octanol–water partition coefficient (Wildman–Crippen LogP) is 5.82. The molecule has 4 heterocycles. The molecule has 0 amide bonds. The van der Waals surface area contributed by atoms with Crippen LogP contribution in [0.25, 0.3) is 37.0 Å². The number of fused-ring (bicyclic) bond motifs is 3. The molecular formula is C25H19ClF3N5O2S. The van der Waals surface area contributed by atoms with E-state index in [0.29, 0.717) is 13.0 Å². The second kappa shape index (κ2) is 8.62. The third kappa shape index (κ3) is 3.66. The van der Waals surface area contributed by atoms with Crippen molar-refractivity contribution in [1.29, 1.82) is 0 Å². The number of nitrogens with two attached hydrogens (primary N) is 1. The molecule has 0 aliphatic carbocycles. The van der Waals surface area contributed by atoms with Crippen molar-refractivity contribution >= 4 is 54.6 Å². The molecule has 37 heavy (non-hydrogen) atoms. The Kier molecular flexibility index (Phi) is 5.60. The summed E-state index contributed by atoms with van der Waals surface area (Å²) in [7, 11) is 0. The first-order chi connectivity index (χ1) is 17.7. The zero-order valence-electron chi connectivity index (χ0n) is 19.2. The van der Waals surface area contributed by atoms with Gasteiger partial charge in [-0.15, -0.1) is 11.3 Å². The van der Waals surface area contributed by atoms with Gasteiger partial charge in [-0.2, -0.15) is 4.98 Å². The van der Waals surface area contributed by atoms with E-state index in [2.05, 4.69) is 19.7 Å². The summed E-state index contributed by atoms with van der Waals surface area (Å²) in [6.45, 7) is 8.70. The number of nitrogens with zero attached hydrogens (tertiary/aromatic N) is 3. The number of nitrogens with one attached hydrogen (secondary N) is 1. The van der Waals surface area contributed by atoms with Gasteiger partial charge in [-0.1, -0.05) is 17.7 Å². The summed E-state index contributed by atoms with van der Waals surface area (Å²) >= 11 is 7.31. The molecule has 3 N–H and O–H groups in total. The zero-order valence-corrected chi connectivity index (χ0v) is 20.8. The molecule has 4 aromatic rings. The van der Waals surface area contributed by atoms with Gasteiger partial charge in [0.05, 0.1) is 32.2 Å². The van der Waals surface area contributed by atoms with Crippen molar-refractivity contribution in [2.45, 2.75) is 31.0 Å². The number of nitrogen functional groups attached to an aromatic ring is 1. The Morgan fingerprint density at radius 1 is 1.41 bits per heavy atom. The number of rotatable bonds is 4. The molecule has 2 aromatic heterocycles. The Balaban J connectivity index is 1.47. The lowest BCUT2D eigenvalue weighted by atomic mass is 9.95. The third-order valence-electron chi connectivity index (χ3n) is 7.28. The van der Waals surface area contributed by atoms with E-state index in [1.54, 1.807) is 0 Å². The molecule has 7 nitrogen and oxygen atoms in total. The fourth-order valence-corrected chi connectivity index (χ4v) is 6.88. The Bertz CT molecular complexity index is 1700. The van der Waals surface area contributed by atoms with E-state index in [1.807, 2.05) is 0 Å². The monoisotopic (exact) mass is 545 g/mol. The minimum Gasteiger partial charge on any atom is -0.463 e. The summed E-state index contributed by atoms with van der Waals surface area (Å²) in [5, 5.41) is 0.0284. The zero-order chi connectivity index (χ0) is 26.1. The lowest BCUT2D eigenvalue weighted by Crippen LogP contribution is -2.43. The average Bonchev–Trinajstić information content (AvgIpc) is 3.49. The van der Waals surface area contributed by atoms with E-state index in [1.165, 1.54) is 12.1 Å². The first-order valence-electron chi connectivity index (χ1n) is 11.5. The van der Waals surface area contributed by atoms with Crippen molar-refractivity contribution in [3.05, 3.63) is 56.6 Å². The highest BCUT2D eigenvalue weighted by Crippen LogP contribution is 2.48. The molecule has 2 aliphatic heterocycles. The molecular weight excluding hydrogens is 527 g/mol. The van der Waals surface area contributed by atoms with Crippen molar-refractivity contribution in [2.75, 3.05) is 25.4 Å². The van der Waals surface area contributed by atoms with Gasteiger partial charge < -0.3 is 10.5 Å². The number of thiophene rings is 1. The van der Waals surface area contributed by atoms with Crippen LogP contribution in [0.5, 0.6) is 6.01 Å². The molecule has 0 spiro atoms. The van der Waals surface area contributed by atoms with Gasteiger partial charge in [-0.25, -0.2) is 18.0 Å². The van der Waals surface area contributed by atoms with Crippen LogP contribution in [0.4, 0.5) is 23.9 Å². The fourth-order valence-electron chi connectivity index (χ4n) is 5.64. The van der Waals surface area contributed by atoms with E-state index in [-0.39, 0.29) is 60.4 Å². The molecule has 0 unspecified atom stereocenters. The number of halogens is 4. The van der Waals surface area contributed by atoms with Gasteiger partial charge in [-0.05, 0) is 37.1 Å². The lowest BCUT2D eigenvalue weighted by Gasteiger charge is -2.30. The highest BCUT2D eigenvalue weighted by Gasteiger charge is 2.49. The molecule has 6 rings (SSSR count). The van der Waals surface area contributed by atoms with E-state index < -0.39 is 28.9 Å². The molecule has 2 fully saturated rings. The van der Waals surface area contributed by atoms with Crippen LogP contribution in [-0.2, 0) is 0 Å². The largest absolute Gasteiger partial charge is 0.463 e. The Hall–Kier alpha value is -3.33. The van der Waals surface area contributed by atoms with Crippen molar-refractivity contribution in [3.63, 3.8) is 0 Å².